The standard InChI is InChI=1S/C25H28N4O2/c1-17-9-10-22(18(2)11-17)25(31)26-13-20-12-23(30)28(3)24(20)21-14-27-29(16-21)15-19-7-5-4-6-8-19/h4-11,14,16,20,24H,12-13,15H2,1-3H3,(H,26,31)/t20-,24+/m0/s1. The first kappa shape index (κ1) is 20.8. The monoisotopic (exact) mass is 416 g/mol. The second kappa shape index (κ2) is 8.76. The molecule has 6 heteroatoms. The highest BCUT2D eigenvalue weighted by Crippen LogP contribution is 2.36. The van der Waals surface area contributed by atoms with Gasteiger partial charge in [0.15, 0.2) is 0 Å². The van der Waals surface area contributed by atoms with Gasteiger partial charge in [0.1, 0.15) is 0 Å². The third kappa shape index (κ3) is 4.53. The van der Waals surface area contributed by atoms with E-state index in [-0.39, 0.29) is 23.8 Å². The smallest absolute Gasteiger partial charge is 0.251 e. The number of hydrogen-bond acceptors (Lipinski definition) is 3. The molecule has 0 aliphatic carbocycles. The summed E-state index contributed by atoms with van der Waals surface area (Å²) >= 11 is 0. The van der Waals surface area contributed by atoms with E-state index in [1.165, 1.54) is 5.56 Å². The Bertz CT molecular complexity index is 1090. The SMILES string of the molecule is Cc1ccc(C(=O)NC[C@@H]2CC(=O)N(C)[C@H]2c2cnn(Cc3ccccc3)c2)c(C)c1. The maximum atomic E-state index is 12.7. The first-order chi connectivity index (χ1) is 14.9. The van der Waals surface area contributed by atoms with E-state index in [2.05, 4.69) is 22.5 Å². The van der Waals surface area contributed by atoms with Crippen LogP contribution in [0.5, 0.6) is 0 Å². The Morgan fingerprint density at radius 1 is 1.16 bits per heavy atom. The van der Waals surface area contributed by atoms with Gasteiger partial charge in [-0.15, -0.1) is 0 Å². The van der Waals surface area contributed by atoms with E-state index in [4.69, 9.17) is 0 Å². The summed E-state index contributed by atoms with van der Waals surface area (Å²) in [5.74, 6) is -0.00817. The van der Waals surface area contributed by atoms with Crippen LogP contribution in [0, 0.1) is 19.8 Å². The summed E-state index contributed by atoms with van der Waals surface area (Å²) in [5.41, 5.74) is 4.93. The summed E-state index contributed by atoms with van der Waals surface area (Å²) in [6, 6.07) is 15.9. The fraction of sp³-hybridized carbons (Fsp3) is 0.320. The van der Waals surface area contributed by atoms with E-state index in [1.54, 1.807) is 4.90 Å². The van der Waals surface area contributed by atoms with Gasteiger partial charge in [-0.25, -0.2) is 0 Å². The molecule has 1 fully saturated rings. The zero-order valence-electron chi connectivity index (χ0n) is 18.2. The van der Waals surface area contributed by atoms with Crippen molar-refractivity contribution in [1.82, 2.24) is 20.0 Å². The summed E-state index contributed by atoms with van der Waals surface area (Å²) < 4.78 is 1.90. The van der Waals surface area contributed by atoms with Crippen LogP contribution in [-0.2, 0) is 11.3 Å². The topological polar surface area (TPSA) is 67.2 Å². The van der Waals surface area contributed by atoms with E-state index in [0.29, 0.717) is 25.1 Å². The average molecular weight is 417 g/mol. The molecule has 4 rings (SSSR count). The van der Waals surface area contributed by atoms with Gasteiger partial charge in [-0.3, -0.25) is 14.3 Å². The molecule has 2 amide bonds. The van der Waals surface area contributed by atoms with Crippen molar-refractivity contribution in [2.45, 2.75) is 32.9 Å². The lowest BCUT2D eigenvalue weighted by atomic mass is 9.95. The van der Waals surface area contributed by atoms with Gasteiger partial charge in [-0.05, 0) is 31.0 Å². The van der Waals surface area contributed by atoms with Crippen LogP contribution in [0.2, 0.25) is 0 Å². The zero-order valence-corrected chi connectivity index (χ0v) is 18.2. The minimum Gasteiger partial charge on any atom is -0.352 e. The van der Waals surface area contributed by atoms with Crippen molar-refractivity contribution in [3.05, 3.63) is 88.7 Å². The number of benzene rings is 2. The molecule has 31 heavy (non-hydrogen) atoms. The van der Waals surface area contributed by atoms with Crippen LogP contribution in [0.4, 0.5) is 0 Å². The molecule has 2 atom stereocenters. The van der Waals surface area contributed by atoms with Crippen molar-refractivity contribution in [1.29, 1.82) is 0 Å². The van der Waals surface area contributed by atoms with Crippen LogP contribution in [-0.4, -0.2) is 40.1 Å². The first-order valence-electron chi connectivity index (χ1n) is 10.6. The van der Waals surface area contributed by atoms with Crippen LogP contribution in [0.25, 0.3) is 0 Å². The molecule has 0 bridgehead atoms. The summed E-state index contributed by atoms with van der Waals surface area (Å²) in [5, 5.41) is 7.55. The van der Waals surface area contributed by atoms with Crippen molar-refractivity contribution >= 4 is 11.8 Å². The number of nitrogens with one attached hydrogen (secondary N) is 1. The first-order valence-corrected chi connectivity index (χ1v) is 10.6. The molecular formula is C25H28N4O2. The number of carbonyl (C=O) groups excluding carboxylic acids is 2. The van der Waals surface area contributed by atoms with Crippen LogP contribution >= 0.6 is 0 Å². The number of carbonyl (C=O) groups is 2. The number of aromatic nitrogens is 2. The Morgan fingerprint density at radius 2 is 1.94 bits per heavy atom. The van der Waals surface area contributed by atoms with Crippen molar-refractivity contribution < 1.29 is 9.59 Å². The molecule has 3 aromatic rings. The van der Waals surface area contributed by atoms with Gasteiger partial charge in [0.25, 0.3) is 5.91 Å². The van der Waals surface area contributed by atoms with E-state index in [1.807, 2.05) is 74.4 Å². The summed E-state index contributed by atoms with van der Waals surface area (Å²) in [7, 11) is 1.83. The quantitative estimate of drug-likeness (QED) is 0.669. The molecule has 6 nitrogen and oxygen atoms in total. The third-order valence-corrected chi connectivity index (χ3v) is 6.03. The molecule has 1 saturated heterocycles. The minimum atomic E-state index is -0.101. The van der Waals surface area contributed by atoms with Crippen molar-refractivity contribution in [2.24, 2.45) is 5.92 Å². The second-order valence-corrected chi connectivity index (χ2v) is 8.40. The van der Waals surface area contributed by atoms with Gasteiger partial charge >= 0.3 is 0 Å². The molecule has 160 valence electrons. The molecule has 0 radical (unpaired) electrons. The van der Waals surface area contributed by atoms with Gasteiger partial charge in [0.2, 0.25) is 5.91 Å². The number of rotatable bonds is 6. The Kier molecular flexibility index (Phi) is 5.89. The number of nitrogens with zero attached hydrogens (tertiary/aromatic N) is 3. The normalized spacial score (nSPS) is 18.4. The van der Waals surface area contributed by atoms with Crippen LogP contribution in [0.3, 0.4) is 0 Å². The van der Waals surface area contributed by atoms with Gasteiger partial charge in [0.05, 0.1) is 18.8 Å². The molecule has 2 heterocycles. The number of amides is 2. The number of hydrogen-bond donors (Lipinski definition) is 1. The molecule has 2 aromatic carbocycles. The van der Waals surface area contributed by atoms with Crippen molar-refractivity contribution in [3.8, 4) is 0 Å². The zero-order chi connectivity index (χ0) is 22.0. The van der Waals surface area contributed by atoms with Crippen molar-refractivity contribution in [2.75, 3.05) is 13.6 Å². The fourth-order valence-corrected chi connectivity index (χ4v) is 4.41. The van der Waals surface area contributed by atoms with Crippen LogP contribution in [0.15, 0.2) is 60.9 Å². The maximum Gasteiger partial charge on any atom is 0.251 e. The Morgan fingerprint density at radius 3 is 2.68 bits per heavy atom. The summed E-state index contributed by atoms with van der Waals surface area (Å²) in [6.07, 6.45) is 4.26. The molecule has 1 aliphatic heterocycles. The molecule has 1 aromatic heterocycles. The molecule has 0 spiro atoms. The maximum absolute atomic E-state index is 12.7. The summed E-state index contributed by atoms with van der Waals surface area (Å²) in [4.78, 5) is 27.0. The lowest BCUT2D eigenvalue weighted by Crippen LogP contribution is -2.32. The Labute approximate surface area is 182 Å². The van der Waals surface area contributed by atoms with Crippen LogP contribution < -0.4 is 5.32 Å². The second-order valence-electron chi connectivity index (χ2n) is 8.40. The lowest BCUT2D eigenvalue weighted by molar-refractivity contribution is -0.127. The molecule has 0 saturated carbocycles. The average Bonchev–Trinajstić information content (AvgIpc) is 3.31. The highest BCUT2D eigenvalue weighted by molar-refractivity contribution is 5.95. The van der Waals surface area contributed by atoms with Gasteiger partial charge in [0, 0.05) is 43.3 Å². The fourth-order valence-electron chi connectivity index (χ4n) is 4.41. The highest BCUT2D eigenvalue weighted by atomic mass is 16.2. The largest absolute Gasteiger partial charge is 0.352 e. The predicted molar refractivity (Wildman–Crippen MR) is 120 cm³/mol. The predicted octanol–water partition coefficient (Wildman–Crippen LogP) is 3.50. The Hall–Kier alpha value is -3.41. The number of aryl methyl sites for hydroxylation is 2. The summed E-state index contributed by atoms with van der Waals surface area (Å²) in [6.45, 7) is 5.08. The molecule has 1 N–H and O–H groups in total. The van der Waals surface area contributed by atoms with E-state index in [9.17, 15) is 9.59 Å². The van der Waals surface area contributed by atoms with Crippen LogP contribution in [0.1, 0.15) is 45.1 Å². The van der Waals surface area contributed by atoms with Gasteiger partial charge < -0.3 is 10.2 Å². The van der Waals surface area contributed by atoms with Gasteiger partial charge in [-0.1, -0.05) is 48.0 Å². The third-order valence-electron chi connectivity index (χ3n) is 6.03. The van der Waals surface area contributed by atoms with Crippen molar-refractivity contribution in [3.63, 3.8) is 0 Å². The number of likely N-dealkylation sites (tertiary alicyclic amines) is 1. The highest BCUT2D eigenvalue weighted by Gasteiger charge is 2.39. The molecular weight excluding hydrogens is 388 g/mol. The molecule has 1 aliphatic rings. The lowest BCUT2D eigenvalue weighted by Gasteiger charge is -2.24. The van der Waals surface area contributed by atoms with E-state index in [0.717, 1.165) is 16.7 Å². The van der Waals surface area contributed by atoms with Gasteiger partial charge in [-0.2, -0.15) is 5.10 Å². The van der Waals surface area contributed by atoms with E-state index >= 15 is 0 Å². The van der Waals surface area contributed by atoms with E-state index < -0.39 is 0 Å². The Balaban J connectivity index is 1.46. The molecule has 0 unspecified atom stereocenters. The minimum absolute atomic E-state index is 0.00146.